The van der Waals surface area contributed by atoms with Crippen LogP contribution in [0, 0.1) is 0 Å². The van der Waals surface area contributed by atoms with Crippen LogP contribution >= 0.6 is 23.2 Å². The predicted molar refractivity (Wildman–Crippen MR) is 67.6 cm³/mol. The van der Waals surface area contributed by atoms with Crippen LogP contribution in [0.5, 0.6) is 0 Å². The van der Waals surface area contributed by atoms with Crippen LogP contribution in [0.15, 0.2) is 18.2 Å². The summed E-state index contributed by atoms with van der Waals surface area (Å²) in [5.74, 6) is 0. The number of nitrogens with one attached hydrogen (secondary N) is 1. The first-order chi connectivity index (χ1) is 7.75. The molecule has 0 aliphatic carbocycles. The molecule has 90 valence electrons. The van der Waals surface area contributed by atoms with Crippen LogP contribution in [-0.4, -0.2) is 33.5 Å². The van der Waals surface area contributed by atoms with Crippen molar-refractivity contribution >= 4 is 28.9 Å². The van der Waals surface area contributed by atoms with E-state index in [1.165, 1.54) is 0 Å². The molecule has 1 aromatic rings. The number of anilines is 1. The van der Waals surface area contributed by atoms with Gasteiger partial charge < -0.3 is 14.8 Å². The van der Waals surface area contributed by atoms with Gasteiger partial charge in [0.05, 0.1) is 35.6 Å². The van der Waals surface area contributed by atoms with E-state index >= 15 is 0 Å². The van der Waals surface area contributed by atoms with E-state index in [-0.39, 0.29) is 0 Å². The largest absolute Gasteiger partial charge is 0.382 e. The van der Waals surface area contributed by atoms with Crippen LogP contribution in [0.25, 0.3) is 0 Å². The summed E-state index contributed by atoms with van der Waals surface area (Å²) in [7, 11) is 1.64. The third kappa shape index (κ3) is 4.58. The lowest BCUT2D eigenvalue weighted by Gasteiger charge is -2.10. The highest BCUT2D eigenvalue weighted by Gasteiger charge is 2.03. The summed E-state index contributed by atoms with van der Waals surface area (Å²) in [6.45, 7) is 2.44. The Kier molecular flexibility index (Phi) is 6.57. The Morgan fingerprint density at radius 2 is 1.81 bits per heavy atom. The molecule has 0 aliphatic heterocycles. The fraction of sp³-hybridized carbons (Fsp3) is 0.455. The van der Waals surface area contributed by atoms with Crippen LogP contribution in [0.1, 0.15) is 0 Å². The summed E-state index contributed by atoms with van der Waals surface area (Å²) in [5, 5.41) is 4.36. The zero-order valence-corrected chi connectivity index (χ0v) is 10.6. The molecular weight excluding hydrogens is 249 g/mol. The molecule has 16 heavy (non-hydrogen) atoms. The van der Waals surface area contributed by atoms with Gasteiger partial charge in [-0.05, 0) is 12.1 Å². The second-order valence-electron chi connectivity index (χ2n) is 3.13. The monoisotopic (exact) mass is 263 g/mol. The Labute approximate surface area is 106 Å². The van der Waals surface area contributed by atoms with Crippen molar-refractivity contribution in [3.63, 3.8) is 0 Å². The number of benzene rings is 1. The Morgan fingerprint density at radius 3 is 2.44 bits per heavy atom. The lowest BCUT2D eigenvalue weighted by Crippen LogP contribution is -2.12. The van der Waals surface area contributed by atoms with E-state index in [0.29, 0.717) is 36.4 Å². The maximum Gasteiger partial charge on any atom is 0.0719 e. The lowest BCUT2D eigenvalue weighted by molar-refractivity contribution is 0.0759. The SMILES string of the molecule is COCCOCCNc1c(Cl)cccc1Cl. The molecular formula is C11H15Cl2NO2. The molecule has 0 fully saturated rings. The van der Waals surface area contributed by atoms with Gasteiger partial charge in [0, 0.05) is 13.7 Å². The highest BCUT2D eigenvalue weighted by Crippen LogP contribution is 2.29. The molecule has 0 aliphatic rings. The van der Waals surface area contributed by atoms with Gasteiger partial charge >= 0.3 is 0 Å². The van der Waals surface area contributed by atoms with Crippen molar-refractivity contribution in [2.45, 2.75) is 0 Å². The van der Waals surface area contributed by atoms with Crippen molar-refractivity contribution in [1.82, 2.24) is 0 Å². The molecule has 3 nitrogen and oxygen atoms in total. The molecule has 0 amide bonds. The van der Waals surface area contributed by atoms with Crippen LogP contribution in [0.4, 0.5) is 5.69 Å². The molecule has 0 heterocycles. The Morgan fingerprint density at radius 1 is 1.12 bits per heavy atom. The minimum absolute atomic E-state index is 0.588. The molecule has 1 N–H and O–H groups in total. The van der Waals surface area contributed by atoms with Crippen molar-refractivity contribution in [2.24, 2.45) is 0 Å². The van der Waals surface area contributed by atoms with E-state index in [2.05, 4.69) is 5.32 Å². The zero-order valence-electron chi connectivity index (χ0n) is 9.13. The summed E-state index contributed by atoms with van der Waals surface area (Å²) < 4.78 is 10.2. The third-order valence-corrected chi connectivity index (χ3v) is 2.57. The van der Waals surface area contributed by atoms with Gasteiger partial charge in [-0.15, -0.1) is 0 Å². The summed E-state index contributed by atoms with van der Waals surface area (Å²) in [4.78, 5) is 0. The predicted octanol–water partition coefficient (Wildman–Crippen LogP) is 3.07. The molecule has 0 unspecified atom stereocenters. The standard InChI is InChI=1S/C11H15Cl2NO2/c1-15-7-8-16-6-5-14-11-9(12)3-2-4-10(11)13/h2-4,14H,5-8H2,1H3. The summed E-state index contributed by atoms with van der Waals surface area (Å²) in [6.07, 6.45) is 0. The first-order valence-electron chi connectivity index (χ1n) is 5.00. The van der Waals surface area contributed by atoms with Gasteiger partial charge in [-0.2, -0.15) is 0 Å². The summed E-state index contributed by atoms with van der Waals surface area (Å²) in [6, 6.07) is 5.40. The maximum absolute atomic E-state index is 5.98. The highest BCUT2D eigenvalue weighted by molar-refractivity contribution is 6.39. The summed E-state index contributed by atoms with van der Waals surface area (Å²) >= 11 is 12.0. The lowest BCUT2D eigenvalue weighted by atomic mass is 10.3. The molecule has 1 rings (SSSR count). The first kappa shape index (κ1) is 13.6. The number of rotatable bonds is 7. The fourth-order valence-corrected chi connectivity index (χ4v) is 1.69. The van der Waals surface area contributed by atoms with Crippen molar-refractivity contribution in [3.05, 3.63) is 28.2 Å². The zero-order chi connectivity index (χ0) is 11.8. The van der Waals surface area contributed by atoms with Crippen LogP contribution in [-0.2, 0) is 9.47 Å². The topological polar surface area (TPSA) is 30.5 Å². The number of methoxy groups -OCH3 is 1. The second-order valence-corrected chi connectivity index (χ2v) is 3.94. The number of para-hydroxylation sites is 1. The average Bonchev–Trinajstić information content (AvgIpc) is 2.26. The van der Waals surface area contributed by atoms with Crippen molar-refractivity contribution in [3.8, 4) is 0 Å². The number of halogens is 2. The van der Waals surface area contributed by atoms with E-state index < -0.39 is 0 Å². The molecule has 0 saturated carbocycles. The fourth-order valence-electron chi connectivity index (χ4n) is 1.16. The third-order valence-electron chi connectivity index (χ3n) is 1.94. The highest BCUT2D eigenvalue weighted by atomic mass is 35.5. The number of hydrogen-bond acceptors (Lipinski definition) is 3. The average molecular weight is 264 g/mol. The normalized spacial score (nSPS) is 10.4. The molecule has 0 spiro atoms. The van der Waals surface area contributed by atoms with Gasteiger partial charge in [0.1, 0.15) is 0 Å². The molecule has 1 aromatic carbocycles. The van der Waals surface area contributed by atoms with E-state index in [4.69, 9.17) is 32.7 Å². The Balaban J connectivity index is 2.26. The van der Waals surface area contributed by atoms with Gasteiger partial charge in [0.2, 0.25) is 0 Å². The number of hydrogen-bond donors (Lipinski definition) is 1. The molecule has 0 aromatic heterocycles. The maximum atomic E-state index is 5.98. The van der Waals surface area contributed by atoms with E-state index in [9.17, 15) is 0 Å². The van der Waals surface area contributed by atoms with Crippen LogP contribution < -0.4 is 5.32 Å². The molecule has 0 saturated heterocycles. The van der Waals surface area contributed by atoms with Crippen LogP contribution in [0.3, 0.4) is 0 Å². The van der Waals surface area contributed by atoms with Crippen molar-refractivity contribution in [1.29, 1.82) is 0 Å². The Hall–Kier alpha value is -0.480. The Bertz CT molecular complexity index is 301. The molecule has 0 radical (unpaired) electrons. The smallest absolute Gasteiger partial charge is 0.0719 e. The molecule has 0 bridgehead atoms. The van der Waals surface area contributed by atoms with Crippen molar-refractivity contribution in [2.75, 3.05) is 38.8 Å². The summed E-state index contributed by atoms with van der Waals surface area (Å²) in [5.41, 5.74) is 0.751. The van der Waals surface area contributed by atoms with E-state index in [0.717, 1.165) is 5.69 Å². The quantitative estimate of drug-likeness (QED) is 0.768. The van der Waals surface area contributed by atoms with Gasteiger partial charge in [-0.25, -0.2) is 0 Å². The van der Waals surface area contributed by atoms with E-state index in [1.807, 2.05) is 6.07 Å². The first-order valence-corrected chi connectivity index (χ1v) is 5.76. The van der Waals surface area contributed by atoms with Crippen molar-refractivity contribution < 1.29 is 9.47 Å². The van der Waals surface area contributed by atoms with Gasteiger partial charge in [-0.3, -0.25) is 0 Å². The van der Waals surface area contributed by atoms with Gasteiger partial charge in [0.25, 0.3) is 0 Å². The minimum Gasteiger partial charge on any atom is -0.382 e. The van der Waals surface area contributed by atoms with Gasteiger partial charge in [-0.1, -0.05) is 29.3 Å². The minimum atomic E-state index is 0.588. The second kappa shape index (κ2) is 7.74. The van der Waals surface area contributed by atoms with Crippen LogP contribution in [0.2, 0.25) is 10.0 Å². The van der Waals surface area contributed by atoms with Gasteiger partial charge in [0.15, 0.2) is 0 Å². The molecule has 0 atom stereocenters. The molecule has 5 heteroatoms. The van der Waals surface area contributed by atoms with E-state index in [1.54, 1.807) is 19.2 Å². The number of ether oxygens (including phenoxy) is 2.